The number of nitrogens with zero attached hydrogens (tertiary/aromatic N) is 2. The van der Waals surface area contributed by atoms with Crippen molar-refractivity contribution in [1.29, 1.82) is 0 Å². The van der Waals surface area contributed by atoms with Gasteiger partial charge in [0.25, 0.3) is 0 Å². The molecule has 2 aromatic rings. The van der Waals surface area contributed by atoms with Crippen LogP contribution < -0.4 is 4.74 Å². The second-order valence-electron chi connectivity index (χ2n) is 5.60. The third kappa shape index (κ3) is 3.88. The molecule has 0 saturated carbocycles. The Morgan fingerprint density at radius 2 is 1.96 bits per heavy atom. The minimum Gasteiger partial charge on any atom is -0.490 e. The van der Waals surface area contributed by atoms with Crippen molar-refractivity contribution in [2.24, 2.45) is 0 Å². The lowest BCUT2D eigenvalue weighted by Gasteiger charge is -2.23. The molecule has 1 atom stereocenters. The van der Waals surface area contributed by atoms with Crippen LogP contribution in [0.3, 0.4) is 0 Å². The summed E-state index contributed by atoms with van der Waals surface area (Å²) in [6, 6.07) is 8.56. The number of sulfonamides is 1. The largest absolute Gasteiger partial charge is 0.490 e. The summed E-state index contributed by atoms with van der Waals surface area (Å²) >= 11 is 13.2. The Labute approximate surface area is 170 Å². The molecule has 3 rings (SSSR count). The van der Waals surface area contributed by atoms with Crippen molar-refractivity contribution in [2.75, 3.05) is 19.4 Å². The van der Waals surface area contributed by atoms with Gasteiger partial charge in [-0.25, -0.2) is 8.42 Å². The zero-order chi connectivity index (χ0) is 19.8. The van der Waals surface area contributed by atoms with E-state index in [2.05, 4.69) is 0 Å². The molecule has 0 bridgehead atoms. The summed E-state index contributed by atoms with van der Waals surface area (Å²) in [5, 5.41) is 11.1. The molecule has 0 radical (unpaired) electrons. The lowest BCUT2D eigenvalue weighted by molar-refractivity contribution is -0.385. The highest BCUT2D eigenvalue weighted by Crippen LogP contribution is 2.43. The quantitative estimate of drug-likeness (QED) is 0.498. The lowest BCUT2D eigenvalue weighted by atomic mass is 10.2. The van der Waals surface area contributed by atoms with Crippen LogP contribution in [-0.4, -0.2) is 37.1 Å². The van der Waals surface area contributed by atoms with Gasteiger partial charge in [-0.1, -0.05) is 29.3 Å². The molecule has 0 amide bonds. The van der Waals surface area contributed by atoms with Gasteiger partial charge in [-0.2, -0.15) is 4.31 Å². The maximum atomic E-state index is 13.1. The summed E-state index contributed by atoms with van der Waals surface area (Å²) in [4.78, 5) is 10.7. The molecule has 1 fully saturated rings. The van der Waals surface area contributed by atoms with Gasteiger partial charge in [-0.05, 0) is 29.8 Å². The predicted octanol–water partition coefficient (Wildman–Crippen LogP) is 4.35. The van der Waals surface area contributed by atoms with Gasteiger partial charge >= 0.3 is 5.69 Å². The van der Waals surface area contributed by atoms with Crippen molar-refractivity contribution in [3.05, 3.63) is 62.1 Å². The Morgan fingerprint density at radius 3 is 2.59 bits per heavy atom. The zero-order valence-corrected chi connectivity index (χ0v) is 17.1. The molecule has 144 valence electrons. The number of halogens is 2. The number of nitro benzene ring substituents is 1. The van der Waals surface area contributed by atoms with E-state index in [9.17, 15) is 18.5 Å². The summed E-state index contributed by atoms with van der Waals surface area (Å²) in [5.74, 6) is 0.677. The minimum atomic E-state index is -3.86. The molecule has 1 heterocycles. The van der Waals surface area contributed by atoms with Crippen molar-refractivity contribution in [1.82, 2.24) is 4.31 Å². The van der Waals surface area contributed by atoms with Crippen LogP contribution in [0.25, 0.3) is 0 Å². The van der Waals surface area contributed by atoms with E-state index in [4.69, 9.17) is 27.9 Å². The average Bonchev–Trinajstić information content (AvgIpc) is 3.14. The predicted molar refractivity (Wildman–Crippen MR) is 105 cm³/mol. The Balaban J connectivity index is 2.01. The highest BCUT2D eigenvalue weighted by atomic mass is 35.5. The van der Waals surface area contributed by atoms with Crippen LogP contribution in [0.1, 0.15) is 10.9 Å². The molecule has 0 spiro atoms. The molecule has 2 aromatic carbocycles. The van der Waals surface area contributed by atoms with Crippen molar-refractivity contribution >= 4 is 50.7 Å². The van der Waals surface area contributed by atoms with Crippen LogP contribution in [0.15, 0.2) is 41.3 Å². The molecule has 1 aliphatic rings. The van der Waals surface area contributed by atoms with Crippen LogP contribution in [-0.2, 0) is 10.0 Å². The molecule has 0 aromatic heterocycles. The summed E-state index contributed by atoms with van der Waals surface area (Å²) in [5.41, 5.74) is 0.294. The molecule has 27 heavy (non-hydrogen) atoms. The van der Waals surface area contributed by atoms with Gasteiger partial charge in [0.2, 0.25) is 10.0 Å². The summed E-state index contributed by atoms with van der Waals surface area (Å²) in [6.07, 6.45) is 0. The first-order valence-corrected chi connectivity index (χ1v) is 10.9. The maximum Gasteiger partial charge on any atom is 0.311 e. The van der Waals surface area contributed by atoms with E-state index in [1.807, 2.05) is 0 Å². The number of rotatable bonds is 5. The molecule has 11 heteroatoms. The molecule has 0 aliphatic carbocycles. The topological polar surface area (TPSA) is 89.8 Å². The van der Waals surface area contributed by atoms with Crippen LogP contribution in [0.5, 0.6) is 5.75 Å². The fourth-order valence-corrected chi connectivity index (χ4v) is 6.36. The first kappa shape index (κ1) is 20.2. The third-order valence-electron chi connectivity index (χ3n) is 4.03. The Morgan fingerprint density at radius 1 is 1.22 bits per heavy atom. The van der Waals surface area contributed by atoms with Crippen LogP contribution in [0.2, 0.25) is 10.0 Å². The van der Waals surface area contributed by atoms with Gasteiger partial charge in [-0.3, -0.25) is 10.1 Å². The summed E-state index contributed by atoms with van der Waals surface area (Å²) in [7, 11) is -2.52. The van der Waals surface area contributed by atoms with Gasteiger partial charge < -0.3 is 4.74 Å². The Bertz CT molecular complexity index is 1000. The van der Waals surface area contributed by atoms with Crippen molar-refractivity contribution < 1.29 is 18.1 Å². The van der Waals surface area contributed by atoms with Gasteiger partial charge in [0.15, 0.2) is 5.75 Å². The van der Waals surface area contributed by atoms with Gasteiger partial charge in [0.05, 0.1) is 32.3 Å². The van der Waals surface area contributed by atoms with Crippen molar-refractivity contribution in [3.63, 3.8) is 0 Å². The van der Waals surface area contributed by atoms with Crippen molar-refractivity contribution in [3.8, 4) is 5.75 Å². The number of hydrogen-bond donors (Lipinski definition) is 0. The lowest BCUT2D eigenvalue weighted by Crippen LogP contribution is -2.30. The second kappa shape index (κ2) is 7.84. The van der Waals surface area contributed by atoms with Gasteiger partial charge in [-0.15, -0.1) is 11.8 Å². The van der Waals surface area contributed by atoms with E-state index in [-0.39, 0.29) is 32.9 Å². The zero-order valence-electron chi connectivity index (χ0n) is 14.0. The Hall–Kier alpha value is -1.52. The molecule has 7 nitrogen and oxygen atoms in total. The van der Waals surface area contributed by atoms with Crippen LogP contribution in [0.4, 0.5) is 5.69 Å². The smallest absolute Gasteiger partial charge is 0.311 e. The second-order valence-corrected chi connectivity index (χ2v) is 9.50. The SMILES string of the molecule is COc1ccc([C@@H]2SCCN2S(=O)(=O)c2ccc(Cl)c(Cl)c2)cc1[N+](=O)[O-]. The fraction of sp³-hybridized carbons (Fsp3) is 0.250. The van der Waals surface area contributed by atoms with E-state index in [1.54, 1.807) is 6.07 Å². The number of nitro groups is 1. The van der Waals surface area contributed by atoms with E-state index in [0.717, 1.165) is 0 Å². The highest BCUT2D eigenvalue weighted by molar-refractivity contribution is 8.01. The van der Waals surface area contributed by atoms with E-state index >= 15 is 0 Å². The monoisotopic (exact) mass is 448 g/mol. The normalized spacial score (nSPS) is 17.8. The van der Waals surface area contributed by atoms with Crippen molar-refractivity contribution in [2.45, 2.75) is 10.3 Å². The Kier molecular flexibility index (Phi) is 5.87. The molecular weight excluding hydrogens is 435 g/mol. The van der Waals surface area contributed by atoms with Gasteiger partial charge in [0, 0.05) is 18.4 Å². The highest BCUT2D eigenvalue weighted by Gasteiger charge is 2.38. The third-order valence-corrected chi connectivity index (χ3v) is 8.03. The number of ether oxygens (including phenoxy) is 1. The molecule has 1 aliphatic heterocycles. The molecule has 0 N–H and O–H groups in total. The van der Waals surface area contributed by atoms with Crippen LogP contribution >= 0.6 is 35.0 Å². The molecule has 0 unspecified atom stereocenters. The standard InChI is InChI=1S/C16H14Cl2N2O5S2/c1-25-15-5-2-10(8-14(15)20(21)22)16-19(6-7-26-16)27(23,24)11-3-4-12(17)13(18)9-11/h2-5,8-9,16H,6-7H2,1H3/t16-/m0/s1. The minimum absolute atomic E-state index is 0.0208. The van der Waals surface area contributed by atoms with E-state index < -0.39 is 20.3 Å². The van der Waals surface area contributed by atoms with E-state index in [0.29, 0.717) is 11.3 Å². The molecule has 1 saturated heterocycles. The fourth-order valence-electron chi connectivity index (χ4n) is 2.74. The van der Waals surface area contributed by atoms with Gasteiger partial charge in [0.1, 0.15) is 0 Å². The molecular formula is C16H14Cl2N2O5S2. The summed E-state index contributed by atoms with van der Waals surface area (Å²) in [6.45, 7) is 0.276. The first-order chi connectivity index (χ1) is 12.8. The number of hydrogen-bond acceptors (Lipinski definition) is 6. The van der Waals surface area contributed by atoms with E-state index in [1.165, 1.54) is 53.5 Å². The van der Waals surface area contributed by atoms with Crippen LogP contribution in [0, 0.1) is 10.1 Å². The first-order valence-electron chi connectivity index (χ1n) is 7.66. The number of benzene rings is 2. The maximum absolute atomic E-state index is 13.1. The summed E-state index contributed by atoms with van der Waals surface area (Å²) < 4.78 is 32.5. The number of methoxy groups -OCH3 is 1. The number of thioether (sulfide) groups is 1. The average molecular weight is 449 g/mol.